The van der Waals surface area contributed by atoms with Crippen LogP contribution in [0, 0.1) is 11.8 Å². The summed E-state index contributed by atoms with van der Waals surface area (Å²) in [5.74, 6) is -1.38. The van der Waals surface area contributed by atoms with Gasteiger partial charge in [-0.05, 0) is 18.9 Å². The maximum atomic E-state index is 12.5. The fourth-order valence-electron chi connectivity index (χ4n) is 4.43. The van der Waals surface area contributed by atoms with E-state index < -0.39 is 24.1 Å². The molecule has 0 saturated carbocycles. The SMILES string of the molecule is C[C@@H](O)C1C(=O)N2C(C(=O)OP)=C(CN3CC[C@H](NC(=O)OP)C3)[C@H](C)[C@H]12. The summed E-state index contributed by atoms with van der Waals surface area (Å²) < 4.78 is 9.38. The minimum Gasteiger partial charge on any atom is -0.447 e. The summed E-state index contributed by atoms with van der Waals surface area (Å²) in [6.45, 7) is 5.43. The van der Waals surface area contributed by atoms with E-state index >= 15 is 0 Å². The fourth-order valence-corrected chi connectivity index (χ4v) is 4.61. The smallest absolute Gasteiger partial charge is 0.409 e. The summed E-state index contributed by atoms with van der Waals surface area (Å²) in [4.78, 5) is 39.8. The van der Waals surface area contributed by atoms with Crippen LogP contribution >= 0.6 is 18.9 Å². The molecule has 150 valence electrons. The Kier molecular flexibility index (Phi) is 6.06. The maximum Gasteiger partial charge on any atom is 0.409 e. The molecule has 3 unspecified atom stereocenters. The number of hydrogen-bond acceptors (Lipinski definition) is 7. The first-order chi connectivity index (χ1) is 12.8. The Balaban J connectivity index is 1.77. The number of β-lactam (4-membered cyclic amide) rings is 1. The minimum atomic E-state index is -0.771. The van der Waals surface area contributed by atoms with Crippen LogP contribution in [0.4, 0.5) is 4.79 Å². The highest BCUT2D eigenvalue weighted by molar-refractivity contribution is 7.11. The van der Waals surface area contributed by atoms with Crippen molar-refractivity contribution in [1.82, 2.24) is 15.1 Å². The molecule has 27 heavy (non-hydrogen) atoms. The normalized spacial score (nSPS) is 31.4. The average molecular weight is 417 g/mol. The van der Waals surface area contributed by atoms with Crippen molar-refractivity contribution in [2.75, 3.05) is 19.6 Å². The number of aliphatic hydroxyl groups is 1. The number of nitrogens with zero attached hydrogens (tertiary/aromatic N) is 2. The number of likely N-dealkylation sites (tertiary alicyclic amines) is 1. The Labute approximate surface area is 162 Å². The van der Waals surface area contributed by atoms with E-state index in [-0.39, 0.29) is 29.6 Å². The molecular formula is C16H25N3O6P2. The van der Waals surface area contributed by atoms with E-state index in [0.29, 0.717) is 13.1 Å². The molecule has 3 heterocycles. The number of carbonyl (C=O) groups excluding carboxylic acids is 3. The third-order valence-corrected chi connectivity index (χ3v) is 6.14. The molecule has 2 saturated heterocycles. The summed E-state index contributed by atoms with van der Waals surface area (Å²) >= 11 is 0. The van der Waals surface area contributed by atoms with Gasteiger partial charge in [0.05, 0.1) is 37.0 Å². The van der Waals surface area contributed by atoms with Gasteiger partial charge in [-0.15, -0.1) is 0 Å². The first-order valence-electron chi connectivity index (χ1n) is 8.85. The second-order valence-electron chi connectivity index (χ2n) is 7.30. The Morgan fingerprint density at radius 1 is 1.37 bits per heavy atom. The first-order valence-corrected chi connectivity index (χ1v) is 9.79. The van der Waals surface area contributed by atoms with E-state index in [0.717, 1.165) is 18.5 Å². The molecule has 0 spiro atoms. The molecule has 2 amide bonds. The molecule has 3 aliphatic heterocycles. The lowest BCUT2D eigenvalue weighted by Gasteiger charge is -2.46. The van der Waals surface area contributed by atoms with Crippen molar-refractivity contribution in [2.24, 2.45) is 11.8 Å². The van der Waals surface area contributed by atoms with E-state index in [1.54, 1.807) is 6.92 Å². The molecular weight excluding hydrogens is 392 g/mol. The zero-order chi connectivity index (χ0) is 19.9. The van der Waals surface area contributed by atoms with Crippen molar-refractivity contribution in [3.8, 4) is 0 Å². The molecule has 7 atom stereocenters. The van der Waals surface area contributed by atoms with Gasteiger partial charge < -0.3 is 24.4 Å². The fraction of sp³-hybridized carbons (Fsp3) is 0.688. The van der Waals surface area contributed by atoms with E-state index in [9.17, 15) is 19.5 Å². The number of fused-ring (bicyclic) bond motifs is 1. The number of amides is 2. The quantitative estimate of drug-likeness (QED) is 0.480. The zero-order valence-electron chi connectivity index (χ0n) is 15.3. The number of hydrogen-bond donors (Lipinski definition) is 2. The Morgan fingerprint density at radius 3 is 2.67 bits per heavy atom. The van der Waals surface area contributed by atoms with Crippen molar-refractivity contribution in [1.29, 1.82) is 0 Å². The molecule has 0 aromatic carbocycles. The average Bonchev–Trinajstić information content (AvgIpc) is 3.15. The van der Waals surface area contributed by atoms with Gasteiger partial charge in [0.2, 0.25) is 5.91 Å². The molecule has 11 heteroatoms. The van der Waals surface area contributed by atoms with E-state index in [1.165, 1.54) is 4.90 Å². The van der Waals surface area contributed by atoms with Crippen molar-refractivity contribution in [3.05, 3.63) is 11.3 Å². The monoisotopic (exact) mass is 417 g/mol. The topological polar surface area (TPSA) is 108 Å². The zero-order valence-corrected chi connectivity index (χ0v) is 17.6. The summed E-state index contributed by atoms with van der Waals surface area (Å²) in [6, 6.07) is -0.258. The highest BCUT2D eigenvalue weighted by Gasteiger charge is 2.60. The lowest BCUT2D eigenvalue weighted by atomic mass is 9.77. The number of carbonyl (C=O) groups is 3. The van der Waals surface area contributed by atoms with Crippen LogP contribution in [-0.2, 0) is 18.6 Å². The highest BCUT2D eigenvalue weighted by Crippen LogP contribution is 2.47. The number of aliphatic hydroxyl groups excluding tert-OH is 1. The van der Waals surface area contributed by atoms with Crippen molar-refractivity contribution in [3.63, 3.8) is 0 Å². The van der Waals surface area contributed by atoms with Gasteiger partial charge in [0.1, 0.15) is 5.70 Å². The third kappa shape index (κ3) is 3.58. The molecule has 9 nitrogen and oxygen atoms in total. The summed E-state index contributed by atoms with van der Waals surface area (Å²) in [6.07, 6.45) is -0.498. The molecule has 0 bridgehead atoms. The molecule has 3 aliphatic rings. The van der Waals surface area contributed by atoms with E-state index in [2.05, 4.69) is 14.7 Å². The summed E-state index contributed by atoms with van der Waals surface area (Å²) in [5.41, 5.74) is 1.11. The highest BCUT2D eigenvalue weighted by atomic mass is 31.0. The first kappa shape index (κ1) is 20.5. The van der Waals surface area contributed by atoms with Gasteiger partial charge in [0.25, 0.3) is 0 Å². The second kappa shape index (κ2) is 8.00. The van der Waals surface area contributed by atoms with Gasteiger partial charge in [-0.1, -0.05) is 6.92 Å². The predicted molar refractivity (Wildman–Crippen MR) is 102 cm³/mol. The van der Waals surface area contributed by atoms with Gasteiger partial charge in [-0.2, -0.15) is 0 Å². The summed E-state index contributed by atoms with van der Waals surface area (Å²) in [5, 5.41) is 12.7. The number of rotatable bonds is 5. The van der Waals surface area contributed by atoms with Gasteiger partial charge >= 0.3 is 12.1 Å². The van der Waals surface area contributed by atoms with Crippen LogP contribution in [0.25, 0.3) is 0 Å². The third-order valence-electron chi connectivity index (χ3n) is 5.71. The molecule has 0 aromatic rings. The van der Waals surface area contributed by atoms with Gasteiger partial charge in [-0.3, -0.25) is 9.69 Å². The lowest BCUT2D eigenvalue weighted by Crippen LogP contribution is -2.63. The Bertz CT molecular complexity index is 685. The van der Waals surface area contributed by atoms with Crippen molar-refractivity contribution < 1.29 is 28.5 Å². The van der Waals surface area contributed by atoms with Crippen LogP contribution in [0.2, 0.25) is 0 Å². The minimum absolute atomic E-state index is 0.0311. The standard InChI is InChI=1S/C16H25N3O6P2/c1-7-10(6-18-4-3-9(5-18)17-16(23)25-27)13(15(22)24-26)19-12(7)11(8(2)20)14(19)21/h7-9,11-12,20H,3-6,26-27H2,1-2H3,(H,17,23)/t7-,8+,9-,11?,12+/m0/s1. The van der Waals surface area contributed by atoms with Crippen LogP contribution in [0.3, 0.4) is 0 Å². The van der Waals surface area contributed by atoms with Crippen LogP contribution < -0.4 is 5.32 Å². The lowest BCUT2D eigenvalue weighted by molar-refractivity contribution is -0.162. The summed E-state index contributed by atoms with van der Waals surface area (Å²) in [7, 11) is 3.84. The van der Waals surface area contributed by atoms with Crippen molar-refractivity contribution in [2.45, 2.75) is 38.5 Å². The van der Waals surface area contributed by atoms with Crippen LogP contribution in [0.15, 0.2) is 11.3 Å². The van der Waals surface area contributed by atoms with Crippen LogP contribution in [0.5, 0.6) is 0 Å². The van der Waals surface area contributed by atoms with Gasteiger partial charge in [0.15, 0.2) is 0 Å². The molecule has 3 rings (SSSR count). The predicted octanol–water partition coefficient (Wildman–Crippen LogP) is 0.0219. The van der Waals surface area contributed by atoms with Gasteiger partial charge in [-0.25, -0.2) is 9.59 Å². The largest absolute Gasteiger partial charge is 0.447 e. The van der Waals surface area contributed by atoms with Crippen molar-refractivity contribution >= 4 is 36.9 Å². The van der Waals surface area contributed by atoms with E-state index in [4.69, 9.17) is 4.52 Å². The van der Waals surface area contributed by atoms with Gasteiger partial charge in [0, 0.05) is 31.6 Å². The molecule has 2 fully saturated rings. The molecule has 2 N–H and O–H groups in total. The second-order valence-corrected chi connectivity index (χ2v) is 7.77. The Hall–Kier alpha value is -1.27. The van der Waals surface area contributed by atoms with E-state index in [1.807, 2.05) is 25.9 Å². The maximum absolute atomic E-state index is 12.5. The number of nitrogens with one attached hydrogen (secondary N) is 1. The van der Waals surface area contributed by atoms with Crippen LogP contribution in [0.1, 0.15) is 20.3 Å². The van der Waals surface area contributed by atoms with Crippen LogP contribution in [-0.4, -0.2) is 70.7 Å². The molecule has 0 radical (unpaired) electrons. The molecule has 0 aromatic heterocycles. The Morgan fingerprint density at radius 2 is 2.07 bits per heavy atom. The molecule has 0 aliphatic carbocycles.